The molecule has 1 aliphatic carbocycles. The second kappa shape index (κ2) is 6.12. The highest BCUT2D eigenvalue weighted by atomic mass is 16.5. The molecule has 1 heterocycles. The third-order valence-electron chi connectivity index (χ3n) is 3.39. The predicted molar refractivity (Wildman–Crippen MR) is 63.4 cm³/mol. The number of hydrogen-bond acceptors (Lipinski definition) is 5. The lowest BCUT2D eigenvalue weighted by Crippen LogP contribution is -2.38. The third kappa shape index (κ3) is 3.51. The zero-order chi connectivity index (χ0) is 12.1. The lowest BCUT2D eigenvalue weighted by Gasteiger charge is -2.32. The fourth-order valence-electron chi connectivity index (χ4n) is 2.55. The summed E-state index contributed by atoms with van der Waals surface area (Å²) in [5.41, 5.74) is 0. The van der Waals surface area contributed by atoms with Gasteiger partial charge in [-0.05, 0) is 12.8 Å². The van der Waals surface area contributed by atoms with E-state index >= 15 is 0 Å². The Morgan fingerprint density at radius 2 is 2.12 bits per heavy atom. The van der Waals surface area contributed by atoms with Crippen molar-refractivity contribution in [1.29, 1.82) is 0 Å². The van der Waals surface area contributed by atoms with E-state index < -0.39 is 0 Å². The van der Waals surface area contributed by atoms with Gasteiger partial charge in [-0.3, -0.25) is 4.90 Å². The monoisotopic (exact) mass is 239 g/mol. The van der Waals surface area contributed by atoms with Crippen LogP contribution in [0, 0.1) is 6.92 Å². The van der Waals surface area contributed by atoms with E-state index in [2.05, 4.69) is 15.0 Å². The summed E-state index contributed by atoms with van der Waals surface area (Å²) in [7, 11) is 0. The molecule has 1 aromatic rings. The summed E-state index contributed by atoms with van der Waals surface area (Å²) >= 11 is 0. The van der Waals surface area contributed by atoms with E-state index in [1.54, 1.807) is 6.92 Å². The molecule has 0 bridgehead atoms. The van der Waals surface area contributed by atoms with E-state index in [1.165, 1.54) is 32.1 Å². The Morgan fingerprint density at radius 3 is 2.71 bits per heavy atom. The topological polar surface area (TPSA) is 62.4 Å². The van der Waals surface area contributed by atoms with Crippen LogP contribution >= 0.6 is 0 Å². The van der Waals surface area contributed by atoms with Crippen LogP contribution in [0.25, 0.3) is 0 Å². The molecule has 0 spiro atoms. The van der Waals surface area contributed by atoms with Crippen molar-refractivity contribution < 1.29 is 9.63 Å². The average molecular weight is 239 g/mol. The molecular weight excluding hydrogens is 218 g/mol. The average Bonchev–Trinajstić information content (AvgIpc) is 2.75. The van der Waals surface area contributed by atoms with Gasteiger partial charge in [-0.2, -0.15) is 4.98 Å². The Kier molecular flexibility index (Phi) is 4.50. The van der Waals surface area contributed by atoms with Crippen LogP contribution in [0.1, 0.15) is 43.8 Å². The Morgan fingerprint density at radius 1 is 1.35 bits per heavy atom. The SMILES string of the molecule is Cc1nc(CN(CCO)C2CCCCC2)no1. The number of aryl methyl sites for hydroxylation is 1. The number of aliphatic hydroxyl groups excluding tert-OH is 1. The van der Waals surface area contributed by atoms with Gasteiger partial charge in [-0.15, -0.1) is 0 Å². The highest BCUT2D eigenvalue weighted by Gasteiger charge is 2.22. The van der Waals surface area contributed by atoms with E-state index in [4.69, 9.17) is 9.63 Å². The summed E-state index contributed by atoms with van der Waals surface area (Å²) in [4.78, 5) is 6.51. The molecule has 0 saturated heterocycles. The summed E-state index contributed by atoms with van der Waals surface area (Å²) in [5.74, 6) is 1.33. The second-order valence-electron chi connectivity index (χ2n) is 4.72. The molecule has 0 radical (unpaired) electrons. The number of aliphatic hydroxyl groups is 1. The molecule has 5 heteroatoms. The Balaban J connectivity index is 1.95. The summed E-state index contributed by atoms with van der Waals surface area (Å²) < 4.78 is 4.98. The number of aromatic nitrogens is 2. The van der Waals surface area contributed by atoms with E-state index in [0.29, 0.717) is 25.0 Å². The van der Waals surface area contributed by atoms with Gasteiger partial charge in [0.2, 0.25) is 5.89 Å². The van der Waals surface area contributed by atoms with Crippen LogP contribution in [0.5, 0.6) is 0 Å². The fourth-order valence-corrected chi connectivity index (χ4v) is 2.55. The zero-order valence-electron chi connectivity index (χ0n) is 10.4. The van der Waals surface area contributed by atoms with Gasteiger partial charge in [0.1, 0.15) is 0 Å². The molecule has 1 aromatic heterocycles. The highest BCUT2D eigenvalue weighted by Crippen LogP contribution is 2.23. The Bertz CT molecular complexity index is 334. The van der Waals surface area contributed by atoms with Crippen molar-refractivity contribution >= 4 is 0 Å². The molecule has 2 rings (SSSR count). The molecule has 1 fully saturated rings. The zero-order valence-corrected chi connectivity index (χ0v) is 10.4. The van der Waals surface area contributed by atoms with Crippen LogP contribution < -0.4 is 0 Å². The first-order chi connectivity index (χ1) is 8.29. The summed E-state index contributed by atoms with van der Waals surface area (Å²) in [5, 5.41) is 13.1. The van der Waals surface area contributed by atoms with Gasteiger partial charge in [-0.1, -0.05) is 24.4 Å². The minimum atomic E-state index is 0.188. The lowest BCUT2D eigenvalue weighted by atomic mass is 9.94. The third-order valence-corrected chi connectivity index (χ3v) is 3.39. The number of rotatable bonds is 5. The summed E-state index contributed by atoms with van der Waals surface area (Å²) in [6.45, 7) is 3.36. The van der Waals surface area contributed by atoms with Crippen LogP contribution in [0.2, 0.25) is 0 Å². The highest BCUT2D eigenvalue weighted by molar-refractivity contribution is 4.86. The maximum absolute atomic E-state index is 9.14. The van der Waals surface area contributed by atoms with E-state index in [-0.39, 0.29) is 6.61 Å². The van der Waals surface area contributed by atoms with Crippen LogP contribution in [-0.2, 0) is 6.54 Å². The molecule has 0 aromatic carbocycles. The van der Waals surface area contributed by atoms with Gasteiger partial charge in [0.05, 0.1) is 13.2 Å². The predicted octanol–water partition coefficient (Wildman–Crippen LogP) is 1.51. The Hall–Kier alpha value is -0.940. The molecule has 5 nitrogen and oxygen atoms in total. The van der Waals surface area contributed by atoms with Gasteiger partial charge in [0, 0.05) is 19.5 Å². The first-order valence-corrected chi connectivity index (χ1v) is 6.43. The molecule has 0 amide bonds. The minimum absolute atomic E-state index is 0.188. The lowest BCUT2D eigenvalue weighted by molar-refractivity contribution is 0.113. The van der Waals surface area contributed by atoms with E-state index in [1.807, 2.05) is 0 Å². The normalized spacial score (nSPS) is 17.8. The minimum Gasteiger partial charge on any atom is -0.395 e. The first-order valence-electron chi connectivity index (χ1n) is 6.43. The van der Waals surface area contributed by atoms with Crippen molar-refractivity contribution in [2.24, 2.45) is 0 Å². The van der Waals surface area contributed by atoms with E-state index in [0.717, 1.165) is 5.82 Å². The second-order valence-corrected chi connectivity index (χ2v) is 4.72. The van der Waals surface area contributed by atoms with Crippen molar-refractivity contribution in [2.75, 3.05) is 13.2 Å². The molecule has 0 unspecified atom stereocenters. The Labute approximate surface area is 102 Å². The molecule has 96 valence electrons. The number of nitrogens with zero attached hydrogens (tertiary/aromatic N) is 3. The number of hydrogen-bond donors (Lipinski definition) is 1. The molecule has 1 N–H and O–H groups in total. The largest absolute Gasteiger partial charge is 0.395 e. The maximum atomic E-state index is 9.14. The quantitative estimate of drug-likeness (QED) is 0.843. The van der Waals surface area contributed by atoms with Gasteiger partial charge >= 0.3 is 0 Å². The smallest absolute Gasteiger partial charge is 0.223 e. The molecular formula is C12H21N3O2. The maximum Gasteiger partial charge on any atom is 0.223 e. The van der Waals surface area contributed by atoms with Crippen LogP contribution in [0.4, 0.5) is 0 Å². The van der Waals surface area contributed by atoms with E-state index in [9.17, 15) is 0 Å². The fraction of sp³-hybridized carbons (Fsp3) is 0.833. The molecule has 17 heavy (non-hydrogen) atoms. The van der Waals surface area contributed by atoms with Crippen molar-refractivity contribution in [2.45, 2.75) is 51.6 Å². The molecule has 0 atom stereocenters. The molecule has 1 aliphatic rings. The van der Waals surface area contributed by atoms with Crippen molar-refractivity contribution in [1.82, 2.24) is 15.0 Å². The summed E-state index contributed by atoms with van der Waals surface area (Å²) in [6.07, 6.45) is 6.36. The van der Waals surface area contributed by atoms with Crippen molar-refractivity contribution in [3.05, 3.63) is 11.7 Å². The van der Waals surface area contributed by atoms with Gasteiger partial charge in [0.25, 0.3) is 0 Å². The van der Waals surface area contributed by atoms with Crippen molar-refractivity contribution in [3.63, 3.8) is 0 Å². The van der Waals surface area contributed by atoms with Crippen LogP contribution in [0.3, 0.4) is 0 Å². The van der Waals surface area contributed by atoms with Crippen LogP contribution in [0.15, 0.2) is 4.52 Å². The molecule has 1 saturated carbocycles. The standard InChI is InChI=1S/C12H21N3O2/c1-10-13-12(14-17-10)9-15(7-8-16)11-5-3-2-4-6-11/h11,16H,2-9H2,1H3. The van der Waals surface area contributed by atoms with Gasteiger partial charge in [0.15, 0.2) is 5.82 Å². The first kappa shape index (κ1) is 12.5. The summed E-state index contributed by atoms with van der Waals surface area (Å²) in [6, 6.07) is 0.565. The van der Waals surface area contributed by atoms with Gasteiger partial charge in [-0.25, -0.2) is 0 Å². The molecule has 0 aliphatic heterocycles. The van der Waals surface area contributed by atoms with Crippen LogP contribution in [-0.4, -0.2) is 39.3 Å². The van der Waals surface area contributed by atoms with Crippen molar-refractivity contribution in [3.8, 4) is 0 Å². The van der Waals surface area contributed by atoms with Gasteiger partial charge < -0.3 is 9.63 Å².